The maximum Gasteiger partial charge on any atom is 0.342 e. The maximum absolute atomic E-state index is 12.8. The Bertz CT molecular complexity index is 916. The minimum absolute atomic E-state index is 0.0285. The van der Waals surface area contributed by atoms with Crippen molar-refractivity contribution in [2.24, 2.45) is 0 Å². The molecule has 1 atom stereocenters. The number of esters is 1. The molecular formula is C17H19NO7S. The molecule has 0 saturated heterocycles. The molecule has 140 valence electrons. The van der Waals surface area contributed by atoms with Gasteiger partial charge in [0.25, 0.3) is 0 Å². The van der Waals surface area contributed by atoms with E-state index in [2.05, 4.69) is 9.46 Å². The molecule has 0 fully saturated rings. The third kappa shape index (κ3) is 4.12. The van der Waals surface area contributed by atoms with Crippen LogP contribution in [0.25, 0.3) is 0 Å². The van der Waals surface area contributed by atoms with Crippen molar-refractivity contribution in [3.63, 3.8) is 0 Å². The van der Waals surface area contributed by atoms with Gasteiger partial charge in [-0.05, 0) is 25.8 Å². The second-order valence-corrected chi connectivity index (χ2v) is 7.26. The number of ether oxygens (including phenoxy) is 1. The van der Waals surface area contributed by atoms with Crippen molar-refractivity contribution in [1.29, 1.82) is 0 Å². The molecule has 2 aromatic rings. The number of aliphatic carboxylic acids is 1. The highest BCUT2D eigenvalue weighted by Crippen LogP contribution is 2.27. The number of carbonyl (C=O) groups is 2. The average molecular weight is 381 g/mol. The first-order valence-corrected chi connectivity index (χ1v) is 9.13. The van der Waals surface area contributed by atoms with Gasteiger partial charge in [0.15, 0.2) is 0 Å². The monoisotopic (exact) mass is 381 g/mol. The fraction of sp³-hybridized carbons (Fsp3) is 0.294. The number of methoxy groups -OCH3 is 1. The topological polar surface area (TPSA) is 123 Å². The van der Waals surface area contributed by atoms with Crippen LogP contribution in [0, 0.1) is 13.8 Å². The Kier molecular flexibility index (Phi) is 5.83. The first kappa shape index (κ1) is 19.7. The zero-order chi connectivity index (χ0) is 19.5. The van der Waals surface area contributed by atoms with Gasteiger partial charge in [0, 0.05) is 0 Å². The van der Waals surface area contributed by atoms with E-state index < -0.39 is 32.9 Å². The van der Waals surface area contributed by atoms with Crippen LogP contribution < -0.4 is 4.72 Å². The number of benzene rings is 1. The van der Waals surface area contributed by atoms with Crippen LogP contribution in [-0.2, 0) is 26.0 Å². The van der Waals surface area contributed by atoms with Gasteiger partial charge in [0.2, 0.25) is 10.0 Å². The Hall–Kier alpha value is -2.65. The molecule has 8 nitrogen and oxygen atoms in total. The summed E-state index contributed by atoms with van der Waals surface area (Å²) < 4.78 is 37.5. The van der Waals surface area contributed by atoms with E-state index in [9.17, 15) is 23.1 Å². The van der Waals surface area contributed by atoms with E-state index in [0.29, 0.717) is 5.56 Å². The minimum Gasteiger partial charge on any atom is -0.480 e. The molecule has 1 heterocycles. The highest BCUT2D eigenvalue weighted by atomic mass is 32.2. The molecule has 26 heavy (non-hydrogen) atoms. The van der Waals surface area contributed by atoms with Gasteiger partial charge in [0.05, 0.1) is 7.11 Å². The van der Waals surface area contributed by atoms with Crippen molar-refractivity contribution in [2.45, 2.75) is 31.2 Å². The quantitative estimate of drug-likeness (QED) is 0.699. The summed E-state index contributed by atoms with van der Waals surface area (Å²) in [5.41, 5.74) is 0.400. The van der Waals surface area contributed by atoms with Gasteiger partial charge in [0.1, 0.15) is 28.0 Å². The third-order valence-electron chi connectivity index (χ3n) is 3.74. The van der Waals surface area contributed by atoms with Crippen LogP contribution in [0.15, 0.2) is 39.6 Å². The molecule has 0 radical (unpaired) electrons. The number of carboxylic acids is 1. The molecule has 0 amide bonds. The molecule has 0 aliphatic heterocycles. The van der Waals surface area contributed by atoms with E-state index in [1.54, 1.807) is 30.3 Å². The fourth-order valence-electron chi connectivity index (χ4n) is 2.60. The van der Waals surface area contributed by atoms with Gasteiger partial charge in [-0.25, -0.2) is 13.2 Å². The molecule has 0 aliphatic rings. The van der Waals surface area contributed by atoms with Crippen molar-refractivity contribution < 1.29 is 32.3 Å². The first-order valence-electron chi connectivity index (χ1n) is 7.64. The molecule has 2 rings (SSSR count). The zero-order valence-corrected chi connectivity index (χ0v) is 15.3. The summed E-state index contributed by atoms with van der Waals surface area (Å²) in [6.07, 6.45) is -0.0567. The normalized spacial score (nSPS) is 12.6. The van der Waals surface area contributed by atoms with Crippen LogP contribution in [0.2, 0.25) is 0 Å². The molecule has 2 N–H and O–H groups in total. The maximum atomic E-state index is 12.8. The molecular weight excluding hydrogens is 362 g/mol. The highest BCUT2D eigenvalue weighted by Gasteiger charge is 2.34. The predicted octanol–water partition coefficient (Wildman–Crippen LogP) is 1.66. The Balaban J connectivity index is 2.40. The molecule has 0 aliphatic carbocycles. The summed E-state index contributed by atoms with van der Waals surface area (Å²) in [7, 11) is -3.23. The number of hydrogen-bond donors (Lipinski definition) is 2. The van der Waals surface area contributed by atoms with E-state index >= 15 is 0 Å². The second-order valence-electron chi connectivity index (χ2n) is 5.61. The fourth-order valence-corrected chi connectivity index (χ4v) is 4.19. The van der Waals surface area contributed by atoms with Crippen molar-refractivity contribution in [1.82, 2.24) is 4.72 Å². The van der Waals surface area contributed by atoms with Crippen LogP contribution in [-0.4, -0.2) is 38.6 Å². The van der Waals surface area contributed by atoms with Gasteiger partial charge in [-0.3, -0.25) is 4.79 Å². The van der Waals surface area contributed by atoms with E-state index in [1.807, 2.05) is 0 Å². The summed E-state index contributed by atoms with van der Waals surface area (Å²) in [5, 5.41) is 9.40. The van der Waals surface area contributed by atoms with E-state index in [-0.39, 0.29) is 23.5 Å². The Morgan fingerprint density at radius 3 is 2.35 bits per heavy atom. The number of carboxylic acid groups (broad SMARTS) is 1. The Labute approximate surface area is 150 Å². The van der Waals surface area contributed by atoms with Crippen LogP contribution >= 0.6 is 0 Å². The van der Waals surface area contributed by atoms with Gasteiger partial charge in [-0.2, -0.15) is 4.72 Å². The minimum atomic E-state index is -4.35. The molecule has 0 spiro atoms. The van der Waals surface area contributed by atoms with E-state index in [1.165, 1.54) is 13.8 Å². The van der Waals surface area contributed by atoms with Crippen LogP contribution in [0.1, 0.15) is 27.4 Å². The van der Waals surface area contributed by atoms with E-state index in [0.717, 1.165) is 7.11 Å². The van der Waals surface area contributed by atoms with Crippen molar-refractivity contribution >= 4 is 22.0 Å². The van der Waals surface area contributed by atoms with Crippen LogP contribution in [0.5, 0.6) is 0 Å². The number of hydrogen-bond acceptors (Lipinski definition) is 6. The van der Waals surface area contributed by atoms with Gasteiger partial charge in [-0.15, -0.1) is 0 Å². The Morgan fingerprint density at radius 2 is 1.81 bits per heavy atom. The van der Waals surface area contributed by atoms with Gasteiger partial charge in [-0.1, -0.05) is 30.3 Å². The summed E-state index contributed by atoms with van der Waals surface area (Å²) in [6, 6.07) is 7.18. The lowest BCUT2D eigenvalue weighted by Crippen LogP contribution is -2.42. The molecule has 0 saturated carbocycles. The third-order valence-corrected chi connectivity index (χ3v) is 5.37. The molecule has 1 aromatic heterocycles. The van der Waals surface area contributed by atoms with Crippen LogP contribution in [0.3, 0.4) is 0 Å². The van der Waals surface area contributed by atoms with Crippen molar-refractivity contribution in [3.8, 4) is 0 Å². The molecule has 1 aromatic carbocycles. The van der Waals surface area contributed by atoms with E-state index in [4.69, 9.17) is 4.42 Å². The number of aryl methyl sites for hydroxylation is 2. The number of furan rings is 1. The van der Waals surface area contributed by atoms with Crippen LogP contribution in [0.4, 0.5) is 0 Å². The smallest absolute Gasteiger partial charge is 0.342 e. The van der Waals surface area contributed by atoms with Gasteiger partial charge < -0.3 is 14.3 Å². The molecule has 0 bridgehead atoms. The van der Waals surface area contributed by atoms with Crippen molar-refractivity contribution in [2.75, 3.05) is 7.11 Å². The largest absolute Gasteiger partial charge is 0.480 e. The number of sulfonamides is 1. The Morgan fingerprint density at radius 1 is 1.19 bits per heavy atom. The lowest BCUT2D eigenvalue weighted by atomic mass is 10.1. The standard InChI is InChI=1S/C17H19NO7S/c1-10-14(17(21)24-3)15(11(2)25-10)26(22,23)18-13(16(19)20)9-12-7-5-4-6-8-12/h4-8,13,18H,9H2,1-3H3,(H,19,20)/t13-/m0/s1. The molecule has 9 heteroatoms. The highest BCUT2D eigenvalue weighted by molar-refractivity contribution is 7.89. The van der Waals surface area contributed by atoms with Gasteiger partial charge >= 0.3 is 11.9 Å². The second kappa shape index (κ2) is 7.71. The summed E-state index contributed by atoms with van der Waals surface area (Å²) >= 11 is 0. The number of rotatable bonds is 7. The lowest BCUT2D eigenvalue weighted by molar-refractivity contribution is -0.138. The first-order chi connectivity index (χ1) is 12.2. The number of nitrogens with one attached hydrogen (secondary N) is 1. The zero-order valence-electron chi connectivity index (χ0n) is 14.5. The summed E-state index contributed by atoms with van der Waals surface area (Å²) in [6.45, 7) is 2.80. The lowest BCUT2D eigenvalue weighted by Gasteiger charge is -2.15. The summed E-state index contributed by atoms with van der Waals surface area (Å²) in [5.74, 6) is -2.17. The van der Waals surface area contributed by atoms with Crippen molar-refractivity contribution in [3.05, 3.63) is 53.0 Å². The average Bonchev–Trinajstić information content (AvgIpc) is 2.89. The predicted molar refractivity (Wildman–Crippen MR) is 91.4 cm³/mol. The summed E-state index contributed by atoms with van der Waals surface area (Å²) in [4.78, 5) is 23.1. The molecule has 0 unspecified atom stereocenters. The number of carbonyl (C=O) groups excluding carboxylic acids is 1. The SMILES string of the molecule is COC(=O)c1c(C)oc(C)c1S(=O)(=O)N[C@@H](Cc1ccccc1)C(=O)O.